The van der Waals surface area contributed by atoms with E-state index in [0.29, 0.717) is 17.9 Å². The molecule has 1 aliphatic rings. The summed E-state index contributed by atoms with van der Waals surface area (Å²) >= 11 is 0. The topological polar surface area (TPSA) is 55.8 Å². The van der Waals surface area contributed by atoms with Gasteiger partial charge in [0.05, 0.1) is 20.1 Å². The molecule has 0 unspecified atom stereocenters. The number of carboxylic acids is 1. The molecule has 3 rings (SSSR count). The van der Waals surface area contributed by atoms with E-state index in [2.05, 4.69) is 0 Å². The Balaban J connectivity index is 2.01. The molecule has 2 aromatic rings. The summed E-state index contributed by atoms with van der Waals surface area (Å²) in [5.74, 6) is 0.467. The monoisotopic (exact) mass is 298 g/mol. The van der Waals surface area contributed by atoms with Crippen LogP contribution in [0.25, 0.3) is 11.1 Å². The highest BCUT2D eigenvalue weighted by Gasteiger charge is 2.45. The predicted molar refractivity (Wildman–Crippen MR) is 83.5 cm³/mol. The molecular formula is C18H18O4. The molecule has 2 aromatic carbocycles. The summed E-state index contributed by atoms with van der Waals surface area (Å²) in [6.45, 7) is 0. The molecule has 0 aliphatic heterocycles. The Hall–Kier alpha value is -2.49. The number of carboxylic acid groups (broad SMARTS) is 1. The molecule has 0 saturated heterocycles. The summed E-state index contributed by atoms with van der Waals surface area (Å²) in [6, 6.07) is 13.7. The van der Waals surface area contributed by atoms with E-state index in [9.17, 15) is 4.79 Å². The molecule has 2 atom stereocenters. The van der Waals surface area contributed by atoms with E-state index in [4.69, 9.17) is 14.6 Å². The van der Waals surface area contributed by atoms with Crippen LogP contribution in [0.3, 0.4) is 0 Å². The Morgan fingerprint density at radius 2 is 1.82 bits per heavy atom. The van der Waals surface area contributed by atoms with Crippen LogP contribution in [0.4, 0.5) is 0 Å². The number of aliphatic carboxylic acids is 1. The largest absolute Gasteiger partial charge is 0.493 e. The van der Waals surface area contributed by atoms with Crippen molar-refractivity contribution in [3.05, 3.63) is 48.0 Å². The summed E-state index contributed by atoms with van der Waals surface area (Å²) in [5.41, 5.74) is 3.14. The van der Waals surface area contributed by atoms with Crippen LogP contribution >= 0.6 is 0 Å². The molecule has 0 radical (unpaired) electrons. The maximum absolute atomic E-state index is 11.1. The summed E-state index contributed by atoms with van der Waals surface area (Å²) in [6.07, 6.45) is 0.708. The Morgan fingerprint density at radius 1 is 1.09 bits per heavy atom. The van der Waals surface area contributed by atoms with E-state index >= 15 is 0 Å². The second-order valence-electron chi connectivity index (χ2n) is 5.44. The van der Waals surface area contributed by atoms with Crippen molar-refractivity contribution in [3.63, 3.8) is 0 Å². The second-order valence-corrected chi connectivity index (χ2v) is 5.44. The zero-order chi connectivity index (χ0) is 15.7. The summed E-state index contributed by atoms with van der Waals surface area (Å²) in [5, 5.41) is 9.16. The zero-order valence-electron chi connectivity index (χ0n) is 12.6. The van der Waals surface area contributed by atoms with Crippen LogP contribution < -0.4 is 9.47 Å². The summed E-state index contributed by atoms with van der Waals surface area (Å²) < 4.78 is 10.6. The first-order chi connectivity index (χ1) is 10.7. The average molecular weight is 298 g/mol. The van der Waals surface area contributed by atoms with E-state index in [1.165, 1.54) is 0 Å². The van der Waals surface area contributed by atoms with Crippen molar-refractivity contribution < 1.29 is 19.4 Å². The fourth-order valence-electron chi connectivity index (χ4n) is 2.90. The number of hydrogen-bond donors (Lipinski definition) is 1. The minimum Gasteiger partial charge on any atom is -0.493 e. The normalized spacial score (nSPS) is 19.5. The van der Waals surface area contributed by atoms with Gasteiger partial charge in [0.2, 0.25) is 0 Å². The van der Waals surface area contributed by atoms with Gasteiger partial charge in [-0.2, -0.15) is 0 Å². The van der Waals surface area contributed by atoms with E-state index in [-0.39, 0.29) is 11.8 Å². The van der Waals surface area contributed by atoms with Crippen molar-refractivity contribution >= 4 is 5.97 Å². The van der Waals surface area contributed by atoms with Crippen LogP contribution in [0.15, 0.2) is 42.5 Å². The second kappa shape index (κ2) is 5.72. The smallest absolute Gasteiger partial charge is 0.307 e. The van der Waals surface area contributed by atoms with Gasteiger partial charge in [-0.05, 0) is 41.2 Å². The summed E-state index contributed by atoms with van der Waals surface area (Å²) in [4.78, 5) is 11.1. The molecule has 0 spiro atoms. The van der Waals surface area contributed by atoms with E-state index in [0.717, 1.165) is 16.7 Å². The summed E-state index contributed by atoms with van der Waals surface area (Å²) in [7, 11) is 3.21. The van der Waals surface area contributed by atoms with Gasteiger partial charge in [-0.25, -0.2) is 0 Å². The molecular weight excluding hydrogens is 280 g/mol. The van der Waals surface area contributed by atoms with Crippen LogP contribution in [0, 0.1) is 5.92 Å². The molecule has 114 valence electrons. The number of benzene rings is 2. The Labute approximate surface area is 129 Å². The van der Waals surface area contributed by atoms with Crippen LogP contribution in [-0.4, -0.2) is 25.3 Å². The maximum Gasteiger partial charge on any atom is 0.307 e. The molecule has 1 aliphatic carbocycles. The van der Waals surface area contributed by atoms with Crippen LogP contribution in [0.5, 0.6) is 11.5 Å². The SMILES string of the molecule is COc1ccc(-c2ccccc2[C@@H]2C[C@H]2C(=O)O)cc1OC. The third-order valence-corrected chi connectivity index (χ3v) is 4.16. The quantitative estimate of drug-likeness (QED) is 0.917. The fraction of sp³-hybridized carbons (Fsp3) is 0.278. The van der Waals surface area contributed by atoms with Crippen molar-refractivity contribution in [2.24, 2.45) is 5.92 Å². The van der Waals surface area contributed by atoms with Gasteiger partial charge >= 0.3 is 5.97 Å². The molecule has 1 saturated carbocycles. The van der Waals surface area contributed by atoms with Crippen LogP contribution in [-0.2, 0) is 4.79 Å². The molecule has 0 bridgehead atoms. The van der Waals surface area contributed by atoms with E-state index in [1.807, 2.05) is 42.5 Å². The van der Waals surface area contributed by atoms with E-state index < -0.39 is 5.97 Å². The third kappa shape index (κ3) is 2.52. The molecule has 1 fully saturated rings. The highest BCUT2D eigenvalue weighted by molar-refractivity contribution is 5.78. The van der Waals surface area contributed by atoms with Crippen molar-refractivity contribution in [2.45, 2.75) is 12.3 Å². The van der Waals surface area contributed by atoms with Crippen LogP contribution in [0.2, 0.25) is 0 Å². The number of ether oxygens (including phenoxy) is 2. The molecule has 4 nitrogen and oxygen atoms in total. The van der Waals surface area contributed by atoms with Gasteiger partial charge in [-0.3, -0.25) is 4.79 Å². The molecule has 0 aromatic heterocycles. The number of rotatable bonds is 5. The van der Waals surface area contributed by atoms with Gasteiger partial charge < -0.3 is 14.6 Å². The average Bonchev–Trinajstić information content (AvgIpc) is 3.35. The van der Waals surface area contributed by atoms with Crippen molar-refractivity contribution in [1.82, 2.24) is 0 Å². The van der Waals surface area contributed by atoms with Gasteiger partial charge in [0.1, 0.15) is 0 Å². The standard InChI is InChI=1S/C18H18O4/c1-21-16-8-7-11(9-17(16)22-2)12-5-3-4-6-13(12)14-10-15(14)18(19)20/h3-9,14-15H,10H2,1-2H3,(H,19,20)/t14-,15+/m0/s1. The van der Waals surface area contributed by atoms with Crippen molar-refractivity contribution in [1.29, 1.82) is 0 Å². The number of methoxy groups -OCH3 is 2. The lowest BCUT2D eigenvalue weighted by Gasteiger charge is -2.12. The maximum atomic E-state index is 11.1. The highest BCUT2D eigenvalue weighted by Crippen LogP contribution is 2.50. The molecule has 4 heteroatoms. The lowest BCUT2D eigenvalue weighted by atomic mass is 9.95. The molecule has 0 heterocycles. The first-order valence-electron chi connectivity index (χ1n) is 7.20. The Kier molecular flexibility index (Phi) is 3.75. The molecule has 0 amide bonds. The van der Waals surface area contributed by atoms with E-state index in [1.54, 1.807) is 14.2 Å². The minimum atomic E-state index is -0.716. The first kappa shape index (κ1) is 14.4. The predicted octanol–water partition coefficient (Wildman–Crippen LogP) is 3.56. The number of carbonyl (C=O) groups is 1. The molecule has 22 heavy (non-hydrogen) atoms. The minimum absolute atomic E-state index is 0.0989. The number of hydrogen-bond acceptors (Lipinski definition) is 3. The van der Waals surface area contributed by atoms with Crippen molar-refractivity contribution in [3.8, 4) is 22.6 Å². The van der Waals surface area contributed by atoms with Gasteiger partial charge in [-0.1, -0.05) is 30.3 Å². The van der Waals surface area contributed by atoms with Gasteiger partial charge in [0.15, 0.2) is 11.5 Å². The Bertz CT molecular complexity index is 708. The Morgan fingerprint density at radius 3 is 2.45 bits per heavy atom. The first-order valence-corrected chi connectivity index (χ1v) is 7.20. The van der Waals surface area contributed by atoms with Gasteiger partial charge in [-0.15, -0.1) is 0 Å². The molecule has 1 N–H and O–H groups in total. The van der Waals surface area contributed by atoms with Crippen LogP contribution in [0.1, 0.15) is 17.9 Å². The lowest BCUT2D eigenvalue weighted by molar-refractivity contribution is -0.138. The lowest BCUT2D eigenvalue weighted by Crippen LogP contribution is -2.00. The fourth-order valence-corrected chi connectivity index (χ4v) is 2.90. The van der Waals surface area contributed by atoms with Gasteiger partial charge in [0, 0.05) is 0 Å². The van der Waals surface area contributed by atoms with Gasteiger partial charge in [0.25, 0.3) is 0 Å². The third-order valence-electron chi connectivity index (χ3n) is 4.16. The van der Waals surface area contributed by atoms with Crippen molar-refractivity contribution in [2.75, 3.05) is 14.2 Å². The zero-order valence-corrected chi connectivity index (χ0v) is 12.6. The highest BCUT2D eigenvalue weighted by atomic mass is 16.5.